The highest BCUT2D eigenvalue weighted by Gasteiger charge is 2.19. The molecule has 2 heterocycles. The maximum atomic E-state index is 12.3. The van der Waals surface area contributed by atoms with Crippen LogP contribution in [0.4, 0.5) is 0 Å². The fourth-order valence-corrected chi connectivity index (χ4v) is 4.21. The van der Waals surface area contributed by atoms with Gasteiger partial charge in [0.1, 0.15) is 5.82 Å². The van der Waals surface area contributed by atoms with Crippen LogP contribution < -0.4 is 5.32 Å². The molecule has 11 heteroatoms. The van der Waals surface area contributed by atoms with Gasteiger partial charge in [0.2, 0.25) is 5.91 Å². The van der Waals surface area contributed by atoms with Crippen LogP contribution in [0.2, 0.25) is 10.0 Å². The number of nitrogens with zero attached hydrogens (tertiary/aromatic N) is 4. The van der Waals surface area contributed by atoms with E-state index in [9.17, 15) is 9.59 Å². The molecule has 30 heavy (non-hydrogen) atoms. The lowest BCUT2D eigenvalue weighted by atomic mass is 10.2. The Bertz CT molecular complexity index is 902. The van der Waals surface area contributed by atoms with Crippen LogP contribution in [-0.2, 0) is 22.5 Å². The zero-order valence-corrected chi connectivity index (χ0v) is 18.9. The number of aromatic nitrogens is 3. The summed E-state index contributed by atoms with van der Waals surface area (Å²) in [6.45, 7) is 5.49. The smallest absolute Gasteiger partial charge is 0.251 e. The Balaban J connectivity index is 1.51. The van der Waals surface area contributed by atoms with Crippen molar-refractivity contribution in [2.75, 3.05) is 38.6 Å². The molecule has 2 amide bonds. The Morgan fingerprint density at radius 2 is 1.97 bits per heavy atom. The van der Waals surface area contributed by atoms with Gasteiger partial charge in [0.25, 0.3) is 5.91 Å². The molecule has 2 aromatic rings. The minimum atomic E-state index is -0.234. The summed E-state index contributed by atoms with van der Waals surface area (Å²) in [6.07, 6.45) is 0.520. The summed E-state index contributed by atoms with van der Waals surface area (Å²) in [4.78, 5) is 26.4. The molecule has 0 radical (unpaired) electrons. The molecule has 1 aromatic heterocycles. The Morgan fingerprint density at radius 1 is 1.20 bits per heavy atom. The molecule has 0 spiro atoms. The van der Waals surface area contributed by atoms with E-state index in [2.05, 4.69) is 15.5 Å². The molecule has 0 unspecified atom stereocenters. The number of hydrogen-bond donors (Lipinski definition) is 1. The fraction of sp³-hybridized carbons (Fsp3) is 0.474. The number of morpholine rings is 1. The minimum absolute atomic E-state index is 0.0735. The highest BCUT2D eigenvalue weighted by Crippen LogP contribution is 2.22. The van der Waals surface area contributed by atoms with Gasteiger partial charge in [-0.15, -0.1) is 10.2 Å². The predicted molar refractivity (Wildman–Crippen MR) is 116 cm³/mol. The van der Waals surface area contributed by atoms with Crippen molar-refractivity contribution in [1.82, 2.24) is 25.0 Å². The molecular weight excluding hydrogens is 449 g/mol. The molecule has 3 rings (SSSR count). The highest BCUT2D eigenvalue weighted by molar-refractivity contribution is 7.99. The molecule has 1 saturated heterocycles. The number of nitrogens with one attached hydrogen (secondary N) is 1. The first-order chi connectivity index (χ1) is 14.5. The molecule has 1 N–H and O–H groups in total. The molecule has 162 valence electrons. The first-order valence-electron chi connectivity index (χ1n) is 9.63. The zero-order chi connectivity index (χ0) is 21.5. The van der Waals surface area contributed by atoms with E-state index in [1.165, 1.54) is 17.8 Å². The van der Waals surface area contributed by atoms with E-state index in [4.69, 9.17) is 27.9 Å². The fourth-order valence-electron chi connectivity index (χ4n) is 2.99. The van der Waals surface area contributed by atoms with Crippen LogP contribution in [0.15, 0.2) is 23.4 Å². The quantitative estimate of drug-likeness (QED) is 0.594. The van der Waals surface area contributed by atoms with Crippen molar-refractivity contribution in [2.45, 2.75) is 25.0 Å². The van der Waals surface area contributed by atoms with E-state index in [1.807, 2.05) is 16.4 Å². The van der Waals surface area contributed by atoms with Crippen molar-refractivity contribution in [2.24, 2.45) is 0 Å². The number of carbonyl (C=O) groups is 2. The number of carbonyl (C=O) groups excluding carboxylic acids is 2. The SMILES string of the molecule is CCn1c(CCNC(=O)c2ccc(Cl)c(Cl)c2)nnc1SCC(=O)N1CCOCC1. The van der Waals surface area contributed by atoms with Crippen LogP contribution in [0, 0.1) is 0 Å². The van der Waals surface area contributed by atoms with E-state index in [0.29, 0.717) is 72.3 Å². The second-order valence-corrected chi connectivity index (χ2v) is 8.32. The van der Waals surface area contributed by atoms with Crippen molar-refractivity contribution >= 4 is 46.8 Å². The largest absolute Gasteiger partial charge is 0.378 e. The van der Waals surface area contributed by atoms with Gasteiger partial charge in [0.05, 0.1) is 29.0 Å². The van der Waals surface area contributed by atoms with Gasteiger partial charge < -0.3 is 19.5 Å². The summed E-state index contributed by atoms with van der Waals surface area (Å²) < 4.78 is 7.24. The van der Waals surface area contributed by atoms with E-state index < -0.39 is 0 Å². The molecule has 1 fully saturated rings. The zero-order valence-electron chi connectivity index (χ0n) is 16.6. The summed E-state index contributed by atoms with van der Waals surface area (Å²) >= 11 is 13.2. The Labute approximate surface area is 189 Å². The summed E-state index contributed by atoms with van der Waals surface area (Å²) in [7, 11) is 0. The lowest BCUT2D eigenvalue weighted by Gasteiger charge is -2.26. The number of rotatable bonds is 8. The first-order valence-corrected chi connectivity index (χ1v) is 11.4. The number of hydrogen-bond acceptors (Lipinski definition) is 6. The van der Waals surface area contributed by atoms with Crippen molar-refractivity contribution < 1.29 is 14.3 Å². The number of benzene rings is 1. The summed E-state index contributed by atoms with van der Waals surface area (Å²) in [5.41, 5.74) is 0.444. The number of amides is 2. The van der Waals surface area contributed by atoms with E-state index >= 15 is 0 Å². The maximum absolute atomic E-state index is 12.3. The summed E-state index contributed by atoms with van der Waals surface area (Å²) in [5.74, 6) is 0.908. The normalized spacial score (nSPS) is 14.0. The van der Waals surface area contributed by atoms with Crippen LogP contribution in [0.1, 0.15) is 23.1 Å². The van der Waals surface area contributed by atoms with Gasteiger partial charge in [-0.1, -0.05) is 35.0 Å². The molecule has 0 atom stereocenters. The van der Waals surface area contributed by atoms with Crippen molar-refractivity contribution in [3.8, 4) is 0 Å². The van der Waals surface area contributed by atoms with Gasteiger partial charge in [-0.2, -0.15) is 0 Å². The van der Waals surface area contributed by atoms with E-state index in [-0.39, 0.29) is 11.8 Å². The molecule has 8 nitrogen and oxygen atoms in total. The molecule has 1 aliphatic rings. The molecule has 1 aromatic carbocycles. The molecule has 1 aliphatic heterocycles. The lowest BCUT2D eigenvalue weighted by Crippen LogP contribution is -2.41. The minimum Gasteiger partial charge on any atom is -0.378 e. The Hall–Kier alpha value is -1.81. The van der Waals surface area contributed by atoms with Crippen LogP contribution in [0.25, 0.3) is 0 Å². The number of ether oxygens (including phenoxy) is 1. The van der Waals surface area contributed by atoms with Gasteiger partial charge >= 0.3 is 0 Å². The van der Waals surface area contributed by atoms with Crippen LogP contribution in [0.5, 0.6) is 0 Å². The Kier molecular flexibility index (Phi) is 8.38. The summed E-state index contributed by atoms with van der Waals surface area (Å²) in [6, 6.07) is 4.75. The van der Waals surface area contributed by atoms with Crippen molar-refractivity contribution in [3.05, 3.63) is 39.6 Å². The Morgan fingerprint density at radius 3 is 2.67 bits per heavy atom. The number of halogens is 2. The number of thioether (sulfide) groups is 1. The monoisotopic (exact) mass is 471 g/mol. The van der Waals surface area contributed by atoms with Gasteiger partial charge in [-0.05, 0) is 25.1 Å². The first kappa shape index (κ1) is 22.9. The van der Waals surface area contributed by atoms with E-state index in [0.717, 1.165) is 5.82 Å². The van der Waals surface area contributed by atoms with Crippen LogP contribution in [0.3, 0.4) is 0 Å². The maximum Gasteiger partial charge on any atom is 0.251 e. The average Bonchev–Trinajstić information content (AvgIpc) is 3.16. The van der Waals surface area contributed by atoms with Crippen LogP contribution in [-0.4, -0.2) is 70.1 Å². The highest BCUT2D eigenvalue weighted by atomic mass is 35.5. The van der Waals surface area contributed by atoms with Gasteiger partial charge in [-0.3, -0.25) is 9.59 Å². The molecule has 0 saturated carbocycles. The average molecular weight is 472 g/mol. The van der Waals surface area contributed by atoms with Crippen LogP contribution >= 0.6 is 35.0 Å². The second-order valence-electron chi connectivity index (χ2n) is 6.56. The lowest BCUT2D eigenvalue weighted by molar-refractivity contribution is -0.132. The molecule has 0 aliphatic carbocycles. The predicted octanol–water partition coefficient (Wildman–Crippen LogP) is 2.53. The third-order valence-corrected chi connectivity index (χ3v) is 6.30. The van der Waals surface area contributed by atoms with Crippen molar-refractivity contribution in [1.29, 1.82) is 0 Å². The summed E-state index contributed by atoms with van der Waals surface area (Å²) in [5, 5.41) is 12.7. The second kappa shape index (κ2) is 11.0. The third kappa shape index (κ3) is 5.87. The van der Waals surface area contributed by atoms with Gasteiger partial charge in [0.15, 0.2) is 5.16 Å². The molecule has 0 bridgehead atoms. The molecular formula is C19H23Cl2N5O3S. The topological polar surface area (TPSA) is 89.3 Å². The van der Waals surface area contributed by atoms with Gasteiger partial charge in [-0.25, -0.2) is 0 Å². The van der Waals surface area contributed by atoms with Crippen molar-refractivity contribution in [3.63, 3.8) is 0 Å². The van der Waals surface area contributed by atoms with Gasteiger partial charge in [0, 0.05) is 38.2 Å². The third-order valence-electron chi connectivity index (χ3n) is 4.61. The standard InChI is InChI=1S/C19H23Cl2N5O3S/c1-2-26-16(5-6-22-18(28)13-3-4-14(20)15(21)11-13)23-24-19(26)30-12-17(27)25-7-9-29-10-8-25/h3-4,11H,2,5-10,12H2,1H3,(H,22,28). The van der Waals surface area contributed by atoms with E-state index in [1.54, 1.807) is 12.1 Å².